The van der Waals surface area contributed by atoms with Crippen molar-refractivity contribution in [2.45, 2.75) is 38.3 Å². The number of halogens is 1. The number of hydrogen-bond acceptors (Lipinski definition) is 4. The number of nitrogens with one attached hydrogen (secondary N) is 2. The van der Waals surface area contributed by atoms with Crippen LogP contribution in [-0.2, 0) is 6.54 Å². The van der Waals surface area contributed by atoms with Crippen molar-refractivity contribution < 1.29 is 0 Å². The van der Waals surface area contributed by atoms with Crippen LogP contribution in [0.1, 0.15) is 31.2 Å². The van der Waals surface area contributed by atoms with Crippen molar-refractivity contribution >= 4 is 29.9 Å². The van der Waals surface area contributed by atoms with Crippen molar-refractivity contribution in [3.63, 3.8) is 0 Å². The van der Waals surface area contributed by atoms with E-state index in [1.807, 2.05) is 7.05 Å². The maximum Gasteiger partial charge on any atom is 0.191 e. The summed E-state index contributed by atoms with van der Waals surface area (Å²) in [6.45, 7) is 10.4. The van der Waals surface area contributed by atoms with Gasteiger partial charge in [-0.1, -0.05) is 30.3 Å². The number of guanidine groups is 1. The maximum atomic E-state index is 4.44. The lowest BCUT2D eigenvalue weighted by atomic mass is 10.0. The predicted octanol–water partition coefficient (Wildman–Crippen LogP) is 2.46. The molecule has 1 aromatic carbocycles. The Labute approximate surface area is 200 Å². The van der Waals surface area contributed by atoms with E-state index < -0.39 is 0 Å². The summed E-state index contributed by atoms with van der Waals surface area (Å²) >= 11 is 0. The smallest absolute Gasteiger partial charge is 0.191 e. The van der Waals surface area contributed by atoms with Crippen LogP contribution >= 0.6 is 24.0 Å². The van der Waals surface area contributed by atoms with Crippen LogP contribution in [0.25, 0.3) is 0 Å². The van der Waals surface area contributed by atoms with E-state index in [1.54, 1.807) is 0 Å². The number of rotatable bonds is 7. The molecule has 2 N–H and O–H groups in total. The minimum Gasteiger partial charge on any atom is -0.356 e. The number of piperidine rings is 1. The molecule has 0 unspecified atom stereocenters. The summed E-state index contributed by atoms with van der Waals surface area (Å²) in [5, 5.41) is 7.16. The molecule has 2 fully saturated rings. The van der Waals surface area contributed by atoms with E-state index in [0.717, 1.165) is 32.1 Å². The topological polar surface area (TPSA) is 46.1 Å². The molecule has 0 spiro atoms. The third kappa shape index (κ3) is 9.08. The summed E-state index contributed by atoms with van der Waals surface area (Å²) in [5.41, 5.74) is 1.41. The Kier molecular flexibility index (Phi) is 12.0. The Morgan fingerprint density at radius 3 is 2.50 bits per heavy atom. The second-order valence-corrected chi connectivity index (χ2v) is 8.53. The van der Waals surface area contributed by atoms with Gasteiger partial charge in [-0.05, 0) is 57.9 Å². The molecule has 170 valence electrons. The fourth-order valence-electron chi connectivity index (χ4n) is 4.30. The quantitative estimate of drug-likeness (QED) is 0.247. The van der Waals surface area contributed by atoms with Gasteiger partial charge in [0.2, 0.25) is 0 Å². The summed E-state index contributed by atoms with van der Waals surface area (Å²) in [7, 11) is 4.11. The molecule has 3 rings (SSSR count). The van der Waals surface area contributed by atoms with Crippen molar-refractivity contribution in [1.29, 1.82) is 0 Å². The van der Waals surface area contributed by atoms with Gasteiger partial charge in [-0.2, -0.15) is 0 Å². The number of hydrogen-bond donors (Lipinski definition) is 2. The molecule has 2 aliphatic rings. The molecule has 0 amide bonds. The van der Waals surface area contributed by atoms with E-state index in [1.165, 1.54) is 64.0 Å². The van der Waals surface area contributed by atoms with Crippen LogP contribution in [0.5, 0.6) is 0 Å². The minimum atomic E-state index is 0. The predicted molar refractivity (Wildman–Crippen MR) is 138 cm³/mol. The van der Waals surface area contributed by atoms with Crippen molar-refractivity contribution in [2.75, 3.05) is 66.5 Å². The van der Waals surface area contributed by atoms with Crippen molar-refractivity contribution in [3.8, 4) is 0 Å². The van der Waals surface area contributed by atoms with E-state index in [0.29, 0.717) is 6.04 Å². The molecule has 2 heterocycles. The Hall–Kier alpha value is -0.900. The number of benzene rings is 1. The monoisotopic (exact) mass is 528 g/mol. The molecule has 0 saturated carbocycles. The van der Waals surface area contributed by atoms with Crippen LogP contribution < -0.4 is 10.6 Å². The largest absolute Gasteiger partial charge is 0.356 e. The van der Waals surface area contributed by atoms with Crippen LogP contribution in [-0.4, -0.2) is 93.2 Å². The van der Waals surface area contributed by atoms with E-state index in [-0.39, 0.29) is 24.0 Å². The average molecular weight is 529 g/mol. The summed E-state index contributed by atoms with van der Waals surface area (Å²) in [6.07, 6.45) is 4.81. The summed E-state index contributed by atoms with van der Waals surface area (Å²) in [5.74, 6) is 0.960. The molecular weight excluding hydrogens is 487 g/mol. The van der Waals surface area contributed by atoms with Gasteiger partial charge >= 0.3 is 0 Å². The van der Waals surface area contributed by atoms with Gasteiger partial charge in [0.05, 0.1) is 0 Å². The first-order valence-electron chi connectivity index (χ1n) is 11.4. The van der Waals surface area contributed by atoms with Crippen molar-refractivity contribution in [3.05, 3.63) is 35.9 Å². The number of aliphatic imine (C=N–C) groups is 1. The van der Waals surface area contributed by atoms with Crippen LogP contribution in [0, 0.1) is 0 Å². The number of likely N-dealkylation sites (N-methyl/N-ethyl adjacent to an activating group) is 1. The standard InChI is InChI=1S/C23H40N6.HI/c1-24-23(25-12-6-14-28-15-7-13-27(2)18-19-28)26-22-10-16-29(17-11-22)20-21-8-4-3-5-9-21;/h3-5,8-9,22H,6-7,10-20H2,1-2H3,(H2,24,25,26);1H. The molecule has 2 aliphatic heterocycles. The van der Waals surface area contributed by atoms with Gasteiger partial charge in [0.25, 0.3) is 0 Å². The highest BCUT2D eigenvalue weighted by molar-refractivity contribution is 14.0. The molecule has 30 heavy (non-hydrogen) atoms. The lowest BCUT2D eigenvalue weighted by Gasteiger charge is -2.33. The lowest BCUT2D eigenvalue weighted by Crippen LogP contribution is -2.48. The van der Waals surface area contributed by atoms with Gasteiger partial charge in [0, 0.05) is 52.4 Å². The Morgan fingerprint density at radius 2 is 1.77 bits per heavy atom. The molecule has 0 radical (unpaired) electrons. The zero-order chi connectivity index (χ0) is 20.3. The third-order valence-corrected chi connectivity index (χ3v) is 6.16. The van der Waals surface area contributed by atoms with Gasteiger partial charge in [-0.25, -0.2) is 0 Å². The van der Waals surface area contributed by atoms with Gasteiger partial charge < -0.3 is 20.4 Å². The first-order chi connectivity index (χ1) is 14.2. The summed E-state index contributed by atoms with van der Waals surface area (Å²) < 4.78 is 0. The Morgan fingerprint density at radius 1 is 1.00 bits per heavy atom. The first kappa shape index (κ1) is 25.4. The van der Waals surface area contributed by atoms with E-state index in [2.05, 4.69) is 67.7 Å². The van der Waals surface area contributed by atoms with Crippen LogP contribution in [0.15, 0.2) is 35.3 Å². The third-order valence-electron chi connectivity index (χ3n) is 6.16. The highest BCUT2D eigenvalue weighted by atomic mass is 127. The normalized spacial score (nSPS) is 20.4. The van der Waals surface area contributed by atoms with E-state index >= 15 is 0 Å². The fraction of sp³-hybridized carbons (Fsp3) is 0.696. The fourth-order valence-corrected chi connectivity index (χ4v) is 4.30. The van der Waals surface area contributed by atoms with Crippen LogP contribution in [0.2, 0.25) is 0 Å². The Balaban J connectivity index is 0.00000320. The zero-order valence-electron chi connectivity index (χ0n) is 18.9. The summed E-state index contributed by atoms with van der Waals surface area (Å²) in [4.78, 5) is 12.0. The van der Waals surface area contributed by atoms with Crippen molar-refractivity contribution in [1.82, 2.24) is 25.3 Å². The zero-order valence-corrected chi connectivity index (χ0v) is 21.2. The molecule has 7 heteroatoms. The SMILES string of the molecule is CN=C(NCCCN1CCCN(C)CC1)NC1CCN(Cc2ccccc2)CC1.I. The van der Waals surface area contributed by atoms with Crippen LogP contribution in [0.4, 0.5) is 0 Å². The van der Waals surface area contributed by atoms with E-state index in [9.17, 15) is 0 Å². The molecule has 0 aromatic heterocycles. The van der Waals surface area contributed by atoms with Gasteiger partial charge in [-0.15, -0.1) is 24.0 Å². The van der Waals surface area contributed by atoms with E-state index in [4.69, 9.17) is 0 Å². The molecule has 0 atom stereocenters. The van der Waals surface area contributed by atoms with Crippen molar-refractivity contribution in [2.24, 2.45) is 4.99 Å². The number of likely N-dealkylation sites (tertiary alicyclic amines) is 1. The van der Waals surface area contributed by atoms with Gasteiger partial charge in [-0.3, -0.25) is 9.89 Å². The molecular formula is C23H41IN6. The maximum absolute atomic E-state index is 4.44. The Bertz CT molecular complexity index is 603. The molecule has 0 aliphatic carbocycles. The molecule has 6 nitrogen and oxygen atoms in total. The lowest BCUT2D eigenvalue weighted by molar-refractivity contribution is 0.198. The second-order valence-electron chi connectivity index (χ2n) is 8.53. The molecule has 0 bridgehead atoms. The average Bonchev–Trinajstić information content (AvgIpc) is 2.96. The van der Waals surface area contributed by atoms with Gasteiger partial charge in [0.15, 0.2) is 5.96 Å². The molecule has 1 aromatic rings. The summed E-state index contributed by atoms with van der Waals surface area (Å²) in [6, 6.07) is 11.3. The number of nitrogens with zero attached hydrogens (tertiary/aromatic N) is 4. The second kappa shape index (κ2) is 14.2. The highest BCUT2D eigenvalue weighted by Crippen LogP contribution is 2.13. The minimum absolute atomic E-state index is 0. The molecule has 2 saturated heterocycles. The van der Waals surface area contributed by atoms with Gasteiger partial charge in [0.1, 0.15) is 0 Å². The highest BCUT2D eigenvalue weighted by Gasteiger charge is 2.20. The van der Waals surface area contributed by atoms with Crippen LogP contribution in [0.3, 0.4) is 0 Å². The first-order valence-corrected chi connectivity index (χ1v) is 11.4.